The minimum absolute atomic E-state index is 0.319. The zero-order valence-electron chi connectivity index (χ0n) is 8.95. The smallest absolute Gasteiger partial charge is 0.255 e. The van der Waals surface area contributed by atoms with Crippen LogP contribution in [-0.2, 0) is 0 Å². The van der Waals surface area contributed by atoms with Crippen molar-refractivity contribution in [2.24, 2.45) is 0 Å². The van der Waals surface area contributed by atoms with E-state index >= 15 is 0 Å². The van der Waals surface area contributed by atoms with Crippen molar-refractivity contribution in [3.8, 4) is 0 Å². The number of carbonyl (C=O) groups is 1. The molecule has 1 amide bonds. The summed E-state index contributed by atoms with van der Waals surface area (Å²) in [6.07, 6.45) is 1.25. The molecule has 0 fully saturated rings. The maximum atomic E-state index is 12.6. The first-order chi connectivity index (χ1) is 8.56. The summed E-state index contributed by atoms with van der Waals surface area (Å²) in [4.78, 5) is 15.3. The summed E-state index contributed by atoms with van der Waals surface area (Å²) in [6, 6.07) is 7.43. The van der Waals surface area contributed by atoms with Crippen LogP contribution in [0.15, 0.2) is 41.0 Å². The van der Waals surface area contributed by atoms with Crippen LogP contribution in [-0.4, -0.2) is 10.9 Å². The highest BCUT2D eigenvalue weighted by molar-refractivity contribution is 9.10. The molecule has 0 saturated heterocycles. The summed E-state index contributed by atoms with van der Waals surface area (Å²) in [5.74, 6) is -0.914. The van der Waals surface area contributed by atoms with Gasteiger partial charge in [0.05, 0.1) is 16.9 Å². The molecule has 0 atom stereocenters. The molecule has 6 heteroatoms. The lowest BCUT2D eigenvalue weighted by molar-refractivity contribution is 0.102. The van der Waals surface area contributed by atoms with Gasteiger partial charge in [0.1, 0.15) is 0 Å². The average Bonchev–Trinajstić information content (AvgIpc) is 2.35. The van der Waals surface area contributed by atoms with E-state index in [1.54, 1.807) is 18.2 Å². The molecule has 0 aliphatic heterocycles. The molecule has 2 rings (SSSR count). The summed E-state index contributed by atoms with van der Waals surface area (Å²) in [5, 5.41) is 3.12. The van der Waals surface area contributed by atoms with Crippen LogP contribution < -0.4 is 5.32 Å². The number of rotatable bonds is 2. The maximum absolute atomic E-state index is 12.6. The van der Waals surface area contributed by atoms with E-state index in [2.05, 4.69) is 26.2 Å². The maximum Gasteiger partial charge on any atom is 0.255 e. The lowest BCUT2D eigenvalue weighted by Gasteiger charge is -2.05. The molecule has 0 unspecified atom stereocenters. The molecule has 3 nitrogen and oxygen atoms in total. The second kappa shape index (κ2) is 5.46. The van der Waals surface area contributed by atoms with Crippen LogP contribution in [0.2, 0.25) is 5.02 Å². The first kappa shape index (κ1) is 13.0. The molecule has 1 N–H and O–H groups in total. The Morgan fingerprint density at radius 3 is 2.72 bits per heavy atom. The van der Waals surface area contributed by atoms with Crippen LogP contribution in [0, 0.1) is 5.95 Å². The highest BCUT2D eigenvalue weighted by atomic mass is 79.9. The Hall–Kier alpha value is -1.46. The molecule has 1 aromatic heterocycles. The minimum atomic E-state index is -0.595. The molecule has 1 heterocycles. The van der Waals surface area contributed by atoms with Crippen molar-refractivity contribution in [3.63, 3.8) is 0 Å². The van der Waals surface area contributed by atoms with E-state index < -0.39 is 5.95 Å². The van der Waals surface area contributed by atoms with Crippen LogP contribution in [0.4, 0.5) is 10.1 Å². The van der Waals surface area contributed by atoms with Crippen LogP contribution >= 0.6 is 27.5 Å². The molecule has 18 heavy (non-hydrogen) atoms. The van der Waals surface area contributed by atoms with Gasteiger partial charge in [0.15, 0.2) is 0 Å². The molecule has 0 aliphatic carbocycles. The molecular weight excluding hydrogens is 322 g/mol. The second-order valence-corrected chi connectivity index (χ2v) is 4.71. The molecule has 0 saturated carbocycles. The van der Waals surface area contributed by atoms with Gasteiger partial charge in [-0.05, 0) is 46.3 Å². The van der Waals surface area contributed by atoms with Crippen molar-refractivity contribution in [1.29, 1.82) is 0 Å². The van der Waals surface area contributed by atoms with Gasteiger partial charge in [-0.25, -0.2) is 4.98 Å². The Morgan fingerprint density at radius 1 is 1.33 bits per heavy atom. The van der Waals surface area contributed by atoms with E-state index in [1.165, 1.54) is 18.3 Å². The van der Waals surface area contributed by atoms with Crippen molar-refractivity contribution in [2.75, 3.05) is 5.32 Å². The van der Waals surface area contributed by atoms with Gasteiger partial charge < -0.3 is 5.32 Å². The van der Waals surface area contributed by atoms with E-state index in [9.17, 15) is 9.18 Å². The van der Waals surface area contributed by atoms with Crippen molar-refractivity contribution >= 4 is 39.1 Å². The Balaban J connectivity index is 2.16. The number of nitrogens with zero attached hydrogens (tertiary/aromatic N) is 1. The Labute approximate surface area is 116 Å². The molecular formula is C12H7BrClFN2O. The normalized spacial score (nSPS) is 10.2. The number of carbonyl (C=O) groups excluding carboxylic acids is 1. The topological polar surface area (TPSA) is 42.0 Å². The van der Waals surface area contributed by atoms with Gasteiger partial charge in [-0.3, -0.25) is 4.79 Å². The number of aromatic nitrogens is 1. The van der Waals surface area contributed by atoms with Gasteiger partial charge in [0.25, 0.3) is 5.91 Å². The molecule has 92 valence electrons. The fourth-order valence-corrected chi connectivity index (χ4v) is 1.79. The van der Waals surface area contributed by atoms with E-state index in [1.807, 2.05) is 0 Å². The van der Waals surface area contributed by atoms with E-state index in [0.29, 0.717) is 20.7 Å². The fourth-order valence-electron chi connectivity index (χ4n) is 1.29. The van der Waals surface area contributed by atoms with Gasteiger partial charge in [0.2, 0.25) is 5.95 Å². The van der Waals surface area contributed by atoms with Crippen LogP contribution in [0.1, 0.15) is 10.4 Å². The molecule has 2 aromatic rings. The molecule has 0 aliphatic rings. The third-order valence-corrected chi connectivity index (χ3v) is 3.38. The Kier molecular flexibility index (Phi) is 3.93. The summed E-state index contributed by atoms with van der Waals surface area (Å²) in [7, 11) is 0. The highest BCUT2D eigenvalue weighted by Gasteiger charge is 2.08. The van der Waals surface area contributed by atoms with Crippen LogP contribution in [0.5, 0.6) is 0 Å². The van der Waals surface area contributed by atoms with Gasteiger partial charge in [-0.2, -0.15) is 4.39 Å². The second-order valence-electron chi connectivity index (χ2n) is 3.45. The van der Waals surface area contributed by atoms with Crippen molar-refractivity contribution in [1.82, 2.24) is 4.98 Å². The van der Waals surface area contributed by atoms with Gasteiger partial charge >= 0.3 is 0 Å². The van der Waals surface area contributed by atoms with Gasteiger partial charge in [-0.1, -0.05) is 11.6 Å². The van der Waals surface area contributed by atoms with E-state index in [4.69, 9.17) is 11.6 Å². The van der Waals surface area contributed by atoms with Crippen molar-refractivity contribution in [2.45, 2.75) is 0 Å². The minimum Gasteiger partial charge on any atom is -0.321 e. The predicted octanol–water partition coefficient (Wildman–Crippen LogP) is 3.89. The van der Waals surface area contributed by atoms with E-state index in [-0.39, 0.29) is 5.91 Å². The number of halogens is 3. The third-order valence-electron chi connectivity index (χ3n) is 2.17. The quantitative estimate of drug-likeness (QED) is 0.849. The zero-order chi connectivity index (χ0) is 13.1. The van der Waals surface area contributed by atoms with Crippen LogP contribution in [0.25, 0.3) is 0 Å². The Bertz CT molecular complexity index is 589. The van der Waals surface area contributed by atoms with Crippen LogP contribution in [0.3, 0.4) is 0 Å². The number of hydrogen-bond donors (Lipinski definition) is 1. The predicted molar refractivity (Wildman–Crippen MR) is 71.3 cm³/mol. The summed E-state index contributed by atoms with van der Waals surface area (Å²) in [5.41, 5.74) is 0.864. The summed E-state index contributed by atoms with van der Waals surface area (Å²) in [6.45, 7) is 0. The Morgan fingerprint density at radius 2 is 2.11 bits per heavy atom. The number of benzene rings is 1. The van der Waals surface area contributed by atoms with Gasteiger partial charge in [0, 0.05) is 10.0 Å². The lowest BCUT2D eigenvalue weighted by Crippen LogP contribution is -2.12. The number of anilines is 1. The average molecular weight is 330 g/mol. The summed E-state index contributed by atoms with van der Waals surface area (Å²) < 4.78 is 13.2. The molecule has 0 radical (unpaired) electrons. The molecule has 1 aromatic carbocycles. The van der Waals surface area contributed by atoms with E-state index in [0.717, 1.165) is 0 Å². The van der Waals surface area contributed by atoms with Crippen molar-refractivity contribution < 1.29 is 9.18 Å². The standard InChI is InChI=1S/C12H7BrClFN2O/c13-9-5-7(1-3-10(9)14)12(18)17-8-2-4-11(15)16-6-8/h1-6H,(H,17,18). The lowest BCUT2D eigenvalue weighted by atomic mass is 10.2. The fraction of sp³-hybridized carbons (Fsp3) is 0. The SMILES string of the molecule is O=C(Nc1ccc(F)nc1)c1ccc(Cl)c(Br)c1. The number of hydrogen-bond acceptors (Lipinski definition) is 2. The first-order valence-electron chi connectivity index (χ1n) is 4.94. The first-order valence-corrected chi connectivity index (χ1v) is 6.11. The monoisotopic (exact) mass is 328 g/mol. The molecule has 0 spiro atoms. The third kappa shape index (κ3) is 3.05. The number of nitrogens with one attached hydrogen (secondary N) is 1. The summed E-state index contributed by atoms with van der Waals surface area (Å²) >= 11 is 9.07. The molecule has 0 bridgehead atoms. The largest absolute Gasteiger partial charge is 0.321 e. The highest BCUT2D eigenvalue weighted by Crippen LogP contribution is 2.23. The number of amides is 1. The zero-order valence-corrected chi connectivity index (χ0v) is 11.3. The van der Waals surface area contributed by atoms with Gasteiger partial charge in [-0.15, -0.1) is 0 Å². The number of pyridine rings is 1. The van der Waals surface area contributed by atoms with Crippen molar-refractivity contribution in [3.05, 3.63) is 57.5 Å².